The summed E-state index contributed by atoms with van der Waals surface area (Å²) < 4.78 is 26.7. The van der Waals surface area contributed by atoms with Gasteiger partial charge in [0.25, 0.3) is 5.56 Å². The fourth-order valence-corrected chi connectivity index (χ4v) is 4.47. The maximum atomic E-state index is 12.5. The van der Waals surface area contributed by atoms with E-state index in [0.29, 0.717) is 0 Å². The van der Waals surface area contributed by atoms with Gasteiger partial charge in [-0.15, -0.1) is 0 Å². The van der Waals surface area contributed by atoms with Crippen LogP contribution in [0, 0.1) is 0 Å². The number of aryl methyl sites for hydroxylation is 2. The van der Waals surface area contributed by atoms with E-state index in [2.05, 4.69) is 17.4 Å². The van der Waals surface area contributed by atoms with Gasteiger partial charge in [0.05, 0.1) is 10.9 Å². The van der Waals surface area contributed by atoms with Crippen LogP contribution in [-0.2, 0) is 34.2 Å². The lowest BCUT2D eigenvalue weighted by atomic mass is 9.89. The van der Waals surface area contributed by atoms with E-state index >= 15 is 0 Å². The number of pyridine rings is 1. The van der Waals surface area contributed by atoms with Crippen molar-refractivity contribution in [3.8, 4) is 0 Å². The lowest BCUT2D eigenvalue weighted by Crippen LogP contribution is -2.34. The second-order valence-corrected chi connectivity index (χ2v) is 9.79. The molecule has 1 aliphatic carbocycles. The number of fused-ring (bicyclic) bond motifs is 1. The number of aromatic nitrogens is 1. The number of benzene rings is 1. The van der Waals surface area contributed by atoms with E-state index in [4.69, 9.17) is 0 Å². The van der Waals surface area contributed by atoms with Gasteiger partial charge in [0.1, 0.15) is 6.54 Å². The minimum absolute atomic E-state index is 0.0300. The fourth-order valence-electron chi connectivity index (χ4n) is 3.54. The molecule has 8 heteroatoms. The molecule has 1 aliphatic rings. The smallest absolute Gasteiger partial charge is 0.251 e. The van der Waals surface area contributed by atoms with Gasteiger partial charge in [-0.25, -0.2) is 12.7 Å². The molecule has 1 atom stereocenters. The highest BCUT2D eigenvalue weighted by Crippen LogP contribution is 2.24. The molecule has 7 nitrogen and oxygen atoms in total. The Morgan fingerprint density at radius 2 is 1.83 bits per heavy atom. The first-order chi connectivity index (χ1) is 13.7. The van der Waals surface area contributed by atoms with Gasteiger partial charge in [0.15, 0.2) is 0 Å². The number of nitrogens with zero attached hydrogens (tertiary/aromatic N) is 2. The number of rotatable bonds is 6. The SMILES string of the molecule is C[C@@H](NC(=O)Cn1cc(S(=O)(=O)N(C)C)ccc1=O)c1ccc2c(c1)CCCC2. The van der Waals surface area contributed by atoms with Crippen molar-refractivity contribution in [1.82, 2.24) is 14.2 Å². The molecule has 0 radical (unpaired) electrons. The average molecular weight is 418 g/mol. The third kappa shape index (κ3) is 4.76. The Morgan fingerprint density at radius 1 is 1.14 bits per heavy atom. The van der Waals surface area contributed by atoms with Crippen LogP contribution in [0.3, 0.4) is 0 Å². The summed E-state index contributed by atoms with van der Waals surface area (Å²) in [6, 6.07) is 8.52. The number of nitrogens with one attached hydrogen (secondary N) is 1. The molecule has 2 aromatic rings. The first kappa shape index (κ1) is 21.3. The minimum Gasteiger partial charge on any atom is -0.348 e. The average Bonchev–Trinajstić information content (AvgIpc) is 2.68. The Kier molecular flexibility index (Phi) is 6.24. The number of sulfonamides is 1. The zero-order valence-electron chi connectivity index (χ0n) is 17.0. The van der Waals surface area contributed by atoms with E-state index < -0.39 is 15.6 Å². The van der Waals surface area contributed by atoms with Crippen molar-refractivity contribution >= 4 is 15.9 Å². The Hall–Kier alpha value is -2.45. The van der Waals surface area contributed by atoms with Crippen molar-refractivity contribution in [3.05, 3.63) is 63.6 Å². The Morgan fingerprint density at radius 3 is 2.52 bits per heavy atom. The summed E-state index contributed by atoms with van der Waals surface area (Å²) in [6.07, 6.45) is 5.78. The van der Waals surface area contributed by atoms with Crippen LogP contribution >= 0.6 is 0 Å². The van der Waals surface area contributed by atoms with Crippen molar-refractivity contribution < 1.29 is 13.2 Å². The predicted molar refractivity (Wildman–Crippen MR) is 111 cm³/mol. The Labute approximate surface area is 171 Å². The van der Waals surface area contributed by atoms with Gasteiger partial charge in [-0.2, -0.15) is 0 Å². The van der Waals surface area contributed by atoms with E-state index in [1.54, 1.807) is 0 Å². The van der Waals surface area contributed by atoms with Gasteiger partial charge in [-0.1, -0.05) is 18.2 Å². The molecule has 0 aliphatic heterocycles. The molecule has 3 rings (SSSR count). The quantitative estimate of drug-likeness (QED) is 0.777. The van der Waals surface area contributed by atoms with Crippen LogP contribution in [0.2, 0.25) is 0 Å². The third-order valence-electron chi connectivity index (χ3n) is 5.30. The summed E-state index contributed by atoms with van der Waals surface area (Å²) in [7, 11) is -0.856. The lowest BCUT2D eigenvalue weighted by Gasteiger charge is -2.20. The van der Waals surface area contributed by atoms with Gasteiger partial charge in [0, 0.05) is 26.4 Å². The molecule has 0 saturated carbocycles. The topological polar surface area (TPSA) is 88.5 Å². The van der Waals surface area contributed by atoms with Gasteiger partial charge in [0.2, 0.25) is 15.9 Å². The van der Waals surface area contributed by atoms with E-state index in [-0.39, 0.29) is 23.4 Å². The van der Waals surface area contributed by atoms with E-state index in [9.17, 15) is 18.0 Å². The standard InChI is InChI=1S/C21H27N3O4S/c1-15(17-9-8-16-6-4-5-7-18(16)12-17)22-20(25)14-24-13-19(10-11-21(24)26)29(27,28)23(2)3/h8-13,15H,4-7,14H2,1-3H3,(H,22,25)/t15-/m1/s1. The van der Waals surface area contributed by atoms with Crippen LogP contribution in [0.25, 0.3) is 0 Å². The number of carbonyl (C=O) groups excluding carboxylic acids is 1. The van der Waals surface area contributed by atoms with E-state index in [1.807, 2.05) is 13.0 Å². The predicted octanol–water partition coefficient (Wildman–Crippen LogP) is 1.85. The van der Waals surface area contributed by atoms with Crippen LogP contribution in [-0.4, -0.2) is 37.3 Å². The largest absolute Gasteiger partial charge is 0.348 e. The van der Waals surface area contributed by atoms with Crippen LogP contribution < -0.4 is 10.9 Å². The fraction of sp³-hybridized carbons (Fsp3) is 0.429. The highest BCUT2D eigenvalue weighted by molar-refractivity contribution is 7.89. The van der Waals surface area contributed by atoms with Gasteiger partial charge >= 0.3 is 0 Å². The molecule has 0 saturated heterocycles. The number of amides is 1. The number of hydrogen-bond donors (Lipinski definition) is 1. The monoisotopic (exact) mass is 417 g/mol. The Bertz CT molecular complexity index is 1070. The van der Waals surface area contributed by atoms with Gasteiger partial charge < -0.3 is 9.88 Å². The molecule has 1 aromatic heterocycles. The zero-order valence-corrected chi connectivity index (χ0v) is 17.8. The highest BCUT2D eigenvalue weighted by Gasteiger charge is 2.19. The van der Waals surface area contributed by atoms with Crippen molar-refractivity contribution in [2.24, 2.45) is 0 Å². The molecule has 156 valence electrons. The van der Waals surface area contributed by atoms with E-state index in [1.165, 1.54) is 50.3 Å². The third-order valence-corrected chi connectivity index (χ3v) is 7.10. The number of carbonyl (C=O) groups is 1. The second-order valence-electron chi connectivity index (χ2n) is 7.64. The summed E-state index contributed by atoms with van der Waals surface area (Å²) in [5.41, 5.74) is 3.31. The molecule has 0 unspecified atom stereocenters. The minimum atomic E-state index is -3.68. The van der Waals surface area contributed by atoms with Crippen LogP contribution in [0.4, 0.5) is 0 Å². The van der Waals surface area contributed by atoms with Crippen LogP contribution in [0.5, 0.6) is 0 Å². The van der Waals surface area contributed by atoms with Crippen LogP contribution in [0.15, 0.2) is 46.2 Å². The normalized spacial score (nSPS) is 15.0. The van der Waals surface area contributed by atoms with Gasteiger partial charge in [-0.05, 0) is 55.4 Å². The van der Waals surface area contributed by atoms with Crippen molar-refractivity contribution in [1.29, 1.82) is 0 Å². The van der Waals surface area contributed by atoms with Crippen molar-refractivity contribution in [3.63, 3.8) is 0 Å². The highest BCUT2D eigenvalue weighted by atomic mass is 32.2. The second kappa shape index (κ2) is 8.51. The van der Waals surface area contributed by atoms with Crippen molar-refractivity contribution in [2.75, 3.05) is 14.1 Å². The maximum absolute atomic E-state index is 12.5. The molecular weight excluding hydrogens is 390 g/mol. The molecule has 0 spiro atoms. The Balaban J connectivity index is 1.73. The first-order valence-corrected chi connectivity index (χ1v) is 11.2. The number of hydrogen-bond acceptors (Lipinski definition) is 4. The van der Waals surface area contributed by atoms with Gasteiger partial charge in [-0.3, -0.25) is 9.59 Å². The summed E-state index contributed by atoms with van der Waals surface area (Å²) in [5.74, 6) is -0.350. The molecule has 29 heavy (non-hydrogen) atoms. The molecule has 1 heterocycles. The summed E-state index contributed by atoms with van der Waals surface area (Å²) >= 11 is 0. The van der Waals surface area contributed by atoms with Crippen molar-refractivity contribution in [2.45, 2.75) is 50.1 Å². The summed E-state index contributed by atoms with van der Waals surface area (Å²) in [5, 5.41) is 2.90. The molecule has 1 aromatic carbocycles. The molecule has 1 amide bonds. The zero-order chi connectivity index (χ0) is 21.2. The first-order valence-electron chi connectivity index (χ1n) is 9.72. The maximum Gasteiger partial charge on any atom is 0.251 e. The molecule has 0 bridgehead atoms. The lowest BCUT2D eigenvalue weighted by molar-refractivity contribution is -0.122. The molecular formula is C21H27N3O4S. The van der Waals surface area contributed by atoms with Crippen LogP contribution in [0.1, 0.15) is 42.5 Å². The summed E-state index contributed by atoms with van der Waals surface area (Å²) in [4.78, 5) is 24.6. The summed E-state index contributed by atoms with van der Waals surface area (Å²) in [6.45, 7) is 1.66. The molecule has 1 N–H and O–H groups in total. The van der Waals surface area contributed by atoms with E-state index in [0.717, 1.165) is 33.3 Å². The molecule has 0 fully saturated rings.